The van der Waals surface area contributed by atoms with E-state index in [1.54, 1.807) is 6.26 Å². The van der Waals surface area contributed by atoms with Gasteiger partial charge < -0.3 is 4.42 Å². The van der Waals surface area contributed by atoms with Crippen LogP contribution in [-0.2, 0) is 12.8 Å². The van der Waals surface area contributed by atoms with Crippen LogP contribution in [-0.4, -0.2) is 0 Å². The molecule has 0 aliphatic heterocycles. The first-order chi connectivity index (χ1) is 8.61. The summed E-state index contributed by atoms with van der Waals surface area (Å²) in [6.07, 6.45) is 3.73. The lowest BCUT2D eigenvalue weighted by molar-refractivity contribution is 0.511. The van der Waals surface area contributed by atoms with Crippen molar-refractivity contribution in [1.29, 1.82) is 0 Å². The van der Waals surface area contributed by atoms with Gasteiger partial charge in [-0.25, -0.2) is 0 Å². The quantitative estimate of drug-likeness (QED) is 0.713. The number of halogens is 1. The lowest BCUT2D eigenvalue weighted by atomic mass is 9.98. The Morgan fingerprint density at radius 1 is 1.22 bits per heavy atom. The molecule has 1 unspecified atom stereocenters. The van der Waals surface area contributed by atoms with E-state index in [9.17, 15) is 0 Å². The first kappa shape index (κ1) is 13.4. The second-order valence-electron chi connectivity index (χ2n) is 4.75. The molecule has 0 aliphatic carbocycles. The van der Waals surface area contributed by atoms with Crippen LogP contribution in [0.3, 0.4) is 0 Å². The predicted octanol–water partition coefficient (Wildman–Crippen LogP) is 5.14. The maximum absolute atomic E-state index is 5.50. The van der Waals surface area contributed by atoms with Gasteiger partial charge in [0.15, 0.2) is 0 Å². The molecular formula is C16H19BrO. The van der Waals surface area contributed by atoms with Gasteiger partial charge in [0, 0.05) is 16.8 Å². The van der Waals surface area contributed by atoms with Crippen LogP contribution >= 0.6 is 15.9 Å². The van der Waals surface area contributed by atoms with Gasteiger partial charge in [-0.3, -0.25) is 0 Å². The van der Waals surface area contributed by atoms with Gasteiger partial charge in [0.25, 0.3) is 0 Å². The van der Waals surface area contributed by atoms with Gasteiger partial charge in [-0.15, -0.1) is 0 Å². The fourth-order valence-electron chi connectivity index (χ4n) is 2.24. The third-order valence-corrected chi connectivity index (χ3v) is 4.16. The third-order valence-electron chi connectivity index (χ3n) is 3.34. The molecule has 0 aliphatic rings. The number of hydrogen-bond donors (Lipinski definition) is 0. The monoisotopic (exact) mass is 306 g/mol. The van der Waals surface area contributed by atoms with Crippen molar-refractivity contribution in [2.24, 2.45) is 0 Å². The van der Waals surface area contributed by atoms with E-state index in [2.05, 4.69) is 61.0 Å². The van der Waals surface area contributed by atoms with Crippen molar-refractivity contribution in [3.8, 4) is 0 Å². The Bertz CT molecular complexity index is 528. The highest BCUT2D eigenvalue weighted by atomic mass is 79.9. The van der Waals surface area contributed by atoms with Gasteiger partial charge in [0.1, 0.15) is 5.76 Å². The molecule has 1 heterocycles. The van der Waals surface area contributed by atoms with Crippen molar-refractivity contribution in [3.05, 3.63) is 58.5 Å². The van der Waals surface area contributed by atoms with Crippen molar-refractivity contribution in [2.75, 3.05) is 0 Å². The Morgan fingerprint density at radius 2 is 2.00 bits per heavy atom. The maximum Gasteiger partial charge on any atom is 0.107 e. The number of hydrogen-bond acceptors (Lipinski definition) is 1. The zero-order chi connectivity index (χ0) is 13.1. The number of benzene rings is 1. The zero-order valence-corrected chi connectivity index (χ0v) is 12.8. The van der Waals surface area contributed by atoms with Crippen molar-refractivity contribution in [1.82, 2.24) is 0 Å². The number of furan rings is 1. The summed E-state index contributed by atoms with van der Waals surface area (Å²) in [5.74, 6) is 1.09. The molecule has 0 bridgehead atoms. The van der Waals surface area contributed by atoms with Crippen LogP contribution in [0.2, 0.25) is 0 Å². The molecule has 0 N–H and O–H groups in total. The number of aryl methyl sites for hydroxylation is 3. The van der Waals surface area contributed by atoms with E-state index in [4.69, 9.17) is 4.42 Å². The normalized spacial score (nSPS) is 12.7. The summed E-state index contributed by atoms with van der Waals surface area (Å²) in [5, 5.41) is 0. The first-order valence-corrected chi connectivity index (χ1v) is 7.29. The molecule has 2 heteroatoms. The third kappa shape index (κ3) is 2.86. The van der Waals surface area contributed by atoms with E-state index in [0.717, 1.165) is 18.6 Å². The van der Waals surface area contributed by atoms with Gasteiger partial charge in [-0.05, 0) is 37.5 Å². The van der Waals surface area contributed by atoms with Crippen molar-refractivity contribution < 1.29 is 4.42 Å². The average Bonchev–Trinajstić information content (AvgIpc) is 2.82. The highest BCUT2D eigenvalue weighted by molar-refractivity contribution is 9.09. The Morgan fingerprint density at radius 3 is 2.72 bits per heavy atom. The van der Waals surface area contributed by atoms with Crippen LogP contribution in [0.1, 0.15) is 39.8 Å². The van der Waals surface area contributed by atoms with Crippen LogP contribution in [0, 0.1) is 13.8 Å². The van der Waals surface area contributed by atoms with E-state index in [1.807, 2.05) is 0 Å². The second kappa shape index (κ2) is 5.75. The molecule has 2 aromatic rings. The van der Waals surface area contributed by atoms with Crippen LogP contribution in [0.5, 0.6) is 0 Å². The minimum absolute atomic E-state index is 0.326. The van der Waals surface area contributed by atoms with E-state index in [0.29, 0.717) is 4.83 Å². The lowest BCUT2D eigenvalue weighted by Gasteiger charge is -2.12. The summed E-state index contributed by atoms with van der Waals surface area (Å²) in [6, 6.07) is 8.70. The largest absolute Gasteiger partial charge is 0.469 e. The predicted molar refractivity (Wildman–Crippen MR) is 79.4 cm³/mol. The summed E-state index contributed by atoms with van der Waals surface area (Å²) < 4.78 is 5.50. The maximum atomic E-state index is 5.50. The minimum atomic E-state index is 0.326. The molecule has 2 rings (SSSR count). The average molecular weight is 307 g/mol. The molecule has 18 heavy (non-hydrogen) atoms. The van der Waals surface area contributed by atoms with Crippen LogP contribution in [0.4, 0.5) is 0 Å². The molecule has 1 nitrogen and oxygen atoms in total. The van der Waals surface area contributed by atoms with Gasteiger partial charge >= 0.3 is 0 Å². The van der Waals surface area contributed by atoms with Gasteiger partial charge in [0.2, 0.25) is 0 Å². The molecule has 0 spiro atoms. The molecule has 0 saturated heterocycles. The van der Waals surface area contributed by atoms with Crippen LogP contribution in [0.15, 0.2) is 34.9 Å². The van der Waals surface area contributed by atoms with Crippen molar-refractivity contribution in [3.63, 3.8) is 0 Å². The van der Waals surface area contributed by atoms with Crippen molar-refractivity contribution in [2.45, 2.75) is 38.4 Å². The van der Waals surface area contributed by atoms with Gasteiger partial charge in [-0.2, -0.15) is 0 Å². The molecule has 96 valence electrons. The first-order valence-electron chi connectivity index (χ1n) is 6.38. The molecule has 0 saturated carbocycles. The van der Waals surface area contributed by atoms with Gasteiger partial charge in [0.05, 0.1) is 6.26 Å². The highest BCUT2D eigenvalue weighted by Gasteiger charge is 2.15. The van der Waals surface area contributed by atoms with E-state index >= 15 is 0 Å². The topological polar surface area (TPSA) is 13.1 Å². The summed E-state index contributed by atoms with van der Waals surface area (Å²) in [5.41, 5.74) is 5.35. The molecule has 0 fully saturated rings. The summed E-state index contributed by atoms with van der Waals surface area (Å²) in [7, 11) is 0. The Labute approximate surface area is 117 Å². The Hall–Kier alpha value is -1.02. The Kier molecular flexibility index (Phi) is 4.28. The smallest absolute Gasteiger partial charge is 0.107 e. The molecular weight excluding hydrogens is 288 g/mol. The Balaban J connectivity index is 2.21. The lowest BCUT2D eigenvalue weighted by Crippen LogP contribution is -1.99. The minimum Gasteiger partial charge on any atom is -0.469 e. The van der Waals surface area contributed by atoms with Crippen LogP contribution in [0.25, 0.3) is 0 Å². The van der Waals surface area contributed by atoms with Crippen LogP contribution < -0.4 is 0 Å². The molecule has 1 aromatic heterocycles. The highest BCUT2D eigenvalue weighted by Crippen LogP contribution is 2.31. The van der Waals surface area contributed by atoms with Crippen molar-refractivity contribution >= 4 is 15.9 Å². The number of rotatable bonds is 4. The molecule has 0 radical (unpaired) electrons. The molecule has 1 aromatic carbocycles. The zero-order valence-electron chi connectivity index (χ0n) is 11.2. The summed E-state index contributed by atoms with van der Waals surface area (Å²) >= 11 is 3.79. The second-order valence-corrected chi connectivity index (χ2v) is 5.86. The van der Waals surface area contributed by atoms with Gasteiger partial charge in [-0.1, -0.05) is 46.6 Å². The number of alkyl halides is 1. The molecule has 0 amide bonds. The van der Waals surface area contributed by atoms with E-state index < -0.39 is 0 Å². The SMILES string of the molecule is CCc1occc1C(Br)Cc1cc(C)ccc1C. The standard InChI is InChI=1S/C16H19BrO/c1-4-16-14(7-8-18-16)15(17)10-13-9-11(2)5-6-12(13)3/h5-9,15H,4,10H2,1-3H3. The van der Waals surface area contributed by atoms with E-state index in [-0.39, 0.29) is 0 Å². The molecule has 1 atom stereocenters. The summed E-state index contributed by atoms with van der Waals surface area (Å²) in [4.78, 5) is 0.326. The fraction of sp³-hybridized carbons (Fsp3) is 0.375. The van der Waals surface area contributed by atoms with E-state index in [1.165, 1.54) is 22.3 Å². The fourth-order valence-corrected chi connectivity index (χ4v) is 3.00. The summed E-state index contributed by atoms with van der Waals surface area (Å²) in [6.45, 7) is 6.44.